The molecule has 8 heteroatoms. The minimum Gasteiger partial charge on any atom is -0.478 e. The van der Waals surface area contributed by atoms with Crippen molar-refractivity contribution in [1.82, 2.24) is 0 Å². The van der Waals surface area contributed by atoms with Crippen LogP contribution in [0.3, 0.4) is 0 Å². The number of hydrogen-bond acceptors (Lipinski definition) is 4. The molecule has 0 aromatic heterocycles. The molecule has 0 saturated carbocycles. The molecule has 2 aliphatic rings. The Kier molecular flexibility index (Phi) is 5.75. The van der Waals surface area contributed by atoms with Crippen LogP contribution in [0.15, 0.2) is 48.5 Å². The van der Waals surface area contributed by atoms with Crippen LogP contribution in [0, 0.1) is 5.92 Å². The van der Waals surface area contributed by atoms with Gasteiger partial charge in [0.25, 0.3) is 0 Å². The van der Waals surface area contributed by atoms with Crippen molar-refractivity contribution in [3.63, 3.8) is 0 Å². The third kappa shape index (κ3) is 4.44. The summed E-state index contributed by atoms with van der Waals surface area (Å²) >= 11 is 0. The summed E-state index contributed by atoms with van der Waals surface area (Å²) in [5.74, 6) is -1.28. The van der Waals surface area contributed by atoms with Gasteiger partial charge in [0, 0.05) is 30.7 Å². The molecule has 0 amide bonds. The van der Waals surface area contributed by atoms with Crippen molar-refractivity contribution in [2.75, 3.05) is 24.7 Å². The fourth-order valence-corrected chi connectivity index (χ4v) is 4.40. The molecule has 31 heavy (non-hydrogen) atoms. The summed E-state index contributed by atoms with van der Waals surface area (Å²) in [7, 11) is 0. The minimum absolute atomic E-state index is 0.0641. The van der Waals surface area contributed by atoms with Gasteiger partial charge in [0.05, 0.1) is 23.8 Å². The molecule has 2 aromatic rings. The van der Waals surface area contributed by atoms with Crippen molar-refractivity contribution in [2.45, 2.75) is 31.0 Å². The summed E-state index contributed by atoms with van der Waals surface area (Å²) in [6, 6.07) is 11.0. The van der Waals surface area contributed by atoms with Gasteiger partial charge < -0.3 is 14.7 Å². The average molecular weight is 433 g/mol. The molecule has 164 valence electrons. The Morgan fingerprint density at radius 2 is 1.71 bits per heavy atom. The first-order valence-electron chi connectivity index (χ1n) is 10.1. The number of halogens is 3. The van der Waals surface area contributed by atoms with Crippen molar-refractivity contribution < 1.29 is 32.6 Å². The molecule has 2 aromatic carbocycles. The van der Waals surface area contributed by atoms with Gasteiger partial charge in [-0.15, -0.1) is 0 Å². The van der Waals surface area contributed by atoms with Crippen LogP contribution in [-0.2, 0) is 15.7 Å². The van der Waals surface area contributed by atoms with Crippen molar-refractivity contribution in [1.29, 1.82) is 0 Å². The largest absolute Gasteiger partial charge is 0.478 e. The zero-order chi connectivity index (χ0) is 22.2. The van der Waals surface area contributed by atoms with Crippen LogP contribution in [0.5, 0.6) is 0 Å². The number of carbonyl (C=O) groups is 2. The Morgan fingerprint density at radius 1 is 1.03 bits per heavy atom. The smallest absolute Gasteiger partial charge is 0.416 e. The fraction of sp³-hybridized carbons (Fsp3) is 0.391. The van der Waals surface area contributed by atoms with E-state index in [1.54, 1.807) is 12.1 Å². The van der Waals surface area contributed by atoms with Gasteiger partial charge in [0.1, 0.15) is 0 Å². The molecular weight excluding hydrogens is 411 g/mol. The number of rotatable bonds is 5. The van der Waals surface area contributed by atoms with Gasteiger partial charge in [-0.3, -0.25) is 4.79 Å². The highest BCUT2D eigenvalue weighted by molar-refractivity contribution is 5.91. The number of hydrogen-bond donors (Lipinski definition) is 1. The van der Waals surface area contributed by atoms with Crippen molar-refractivity contribution in [3.8, 4) is 0 Å². The van der Waals surface area contributed by atoms with Crippen LogP contribution in [0.4, 0.5) is 18.9 Å². The maximum atomic E-state index is 13.2. The SMILES string of the molecule is O=C(O)c1ccc(N2CC(c3ccc(C(F)(F)F)cc3)C[C@H]2C(=O)C2CCOC2)cc1. The summed E-state index contributed by atoms with van der Waals surface area (Å²) < 4.78 is 44.1. The molecule has 0 aliphatic carbocycles. The number of carboxylic acid groups (broad SMARTS) is 1. The van der Waals surface area contributed by atoms with E-state index in [-0.39, 0.29) is 23.2 Å². The number of Topliss-reactive ketones (excluding diaryl/α,β-unsaturated/α-hetero) is 1. The Balaban J connectivity index is 1.61. The van der Waals surface area contributed by atoms with E-state index in [2.05, 4.69) is 0 Å². The fourth-order valence-electron chi connectivity index (χ4n) is 4.40. The van der Waals surface area contributed by atoms with Crippen LogP contribution in [0.1, 0.15) is 40.2 Å². The molecular formula is C23H22F3NO4. The normalized spacial score (nSPS) is 23.8. The van der Waals surface area contributed by atoms with Crippen molar-refractivity contribution in [2.24, 2.45) is 5.92 Å². The van der Waals surface area contributed by atoms with Crippen LogP contribution < -0.4 is 4.90 Å². The van der Waals surface area contributed by atoms with Gasteiger partial charge in [0.2, 0.25) is 0 Å². The number of anilines is 1. The lowest BCUT2D eigenvalue weighted by atomic mass is 9.90. The van der Waals surface area contributed by atoms with Gasteiger partial charge in [-0.25, -0.2) is 4.79 Å². The van der Waals surface area contributed by atoms with Crippen LogP contribution in [0.25, 0.3) is 0 Å². The van der Waals surface area contributed by atoms with Crippen molar-refractivity contribution >= 4 is 17.4 Å². The molecule has 0 spiro atoms. The lowest BCUT2D eigenvalue weighted by Gasteiger charge is -2.27. The van der Waals surface area contributed by atoms with Gasteiger partial charge in [-0.2, -0.15) is 13.2 Å². The summed E-state index contributed by atoms with van der Waals surface area (Å²) in [4.78, 5) is 26.3. The predicted molar refractivity (Wildman–Crippen MR) is 107 cm³/mol. The third-order valence-electron chi connectivity index (χ3n) is 6.12. The number of alkyl halides is 3. The van der Waals surface area contributed by atoms with E-state index >= 15 is 0 Å². The second-order valence-corrected chi connectivity index (χ2v) is 8.04. The Hall–Kier alpha value is -2.87. The molecule has 0 radical (unpaired) electrons. The lowest BCUT2D eigenvalue weighted by molar-refractivity contribution is -0.137. The van der Waals surface area contributed by atoms with E-state index in [1.165, 1.54) is 24.3 Å². The quantitative estimate of drug-likeness (QED) is 0.759. The van der Waals surface area contributed by atoms with Crippen LogP contribution in [0.2, 0.25) is 0 Å². The number of nitrogens with zero attached hydrogens (tertiary/aromatic N) is 1. The van der Waals surface area contributed by atoms with Gasteiger partial charge >= 0.3 is 12.1 Å². The molecule has 3 atom stereocenters. The third-order valence-corrected chi connectivity index (χ3v) is 6.12. The Bertz CT molecular complexity index is 950. The summed E-state index contributed by atoms with van der Waals surface area (Å²) in [6.45, 7) is 1.38. The van der Waals surface area contributed by atoms with Gasteiger partial charge in [-0.1, -0.05) is 12.1 Å². The van der Waals surface area contributed by atoms with Crippen molar-refractivity contribution in [3.05, 3.63) is 65.2 Å². The molecule has 1 N–H and O–H groups in total. The first-order valence-corrected chi connectivity index (χ1v) is 10.1. The van der Waals surface area contributed by atoms with Gasteiger partial charge in [-0.05, 0) is 54.8 Å². The number of carbonyl (C=O) groups excluding carboxylic acids is 1. The molecule has 5 nitrogen and oxygen atoms in total. The topological polar surface area (TPSA) is 66.8 Å². The first-order chi connectivity index (χ1) is 14.7. The highest BCUT2D eigenvalue weighted by Crippen LogP contribution is 2.38. The van der Waals surface area contributed by atoms with E-state index in [1.807, 2.05) is 4.90 Å². The summed E-state index contributed by atoms with van der Waals surface area (Å²) in [5, 5.41) is 9.13. The maximum absolute atomic E-state index is 13.2. The van der Waals surface area contributed by atoms with Crippen LogP contribution >= 0.6 is 0 Å². The molecule has 2 saturated heterocycles. The molecule has 0 bridgehead atoms. The zero-order valence-corrected chi connectivity index (χ0v) is 16.6. The second kappa shape index (κ2) is 8.34. The number of carboxylic acids is 1. The predicted octanol–water partition coefficient (Wildman–Crippen LogP) is 4.37. The molecule has 2 fully saturated rings. The summed E-state index contributed by atoms with van der Waals surface area (Å²) in [6.07, 6.45) is -3.25. The molecule has 2 aliphatic heterocycles. The van der Waals surface area contributed by atoms with E-state index in [0.717, 1.165) is 23.4 Å². The lowest BCUT2D eigenvalue weighted by Crippen LogP contribution is -2.39. The molecule has 2 unspecified atom stereocenters. The standard InChI is InChI=1S/C23H22F3NO4/c24-23(25,26)18-5-1-14(2-6-18)17-11-20(21(28)16-9-10-31-13-16)27(12-17)19-7-3-15(4-8-19)22(29)30/h1-8,16-17,20H,9-13H2,(H,29,30)/t16?,17?,20-/m0/s1. The van der Waals surface area contributed by atoms with E-state index in [0.29, 0.717) is 32.6 Å². The zero-order valence-electron chi connectivity index (χ0n) is 16.6. The average Bonchev–Trinajstić information content (AvgIpc) is 3.43. The minimum atomic E-state index is -4.40. The highest BCUT2D eigenvalue weighted by atomic mass is 19.4. The van der Waals surface area contributed by atoms with E-state index in [4.69, 9.17) is 9.84 Å². The van der Waals surface area contributed by atoms with E-state index in [9.17, 15) is 22.8 Å². The number of ether oxygens (including phenoxy) is 1. The second-order valence-electron chi connectivity index (χ2n) is 8.04. The Morgan fingerprint density at radius 3 is 2.26 bits per heavy atom. The number of ketones is 1. The monoisotopic (exact) mass is 433 g/mol. The highest BCUT2D eigenvalue weighted by Gasteiger charge is 2.41. The van der Waals surface area contributed by atoms with Crippen LogP contribution in [-0.4, -0.2) is 42.7 Å². The van der Waals surface area contributed by atoms with Gasteiger partial charge in [0.15, 0.2) is 5.78 Å². The molecule has 2 heterocycles. The number of aromatic carboxylic acids is 1. The number of benzene rings is 2. The Labute approximate surface area is 177 Å². The first kappa shape index (κ1) is 21.4. The molecule has 4 rings (SSSR count). The van der Waals surface area contributed by atoms with E-state index < -0.39 is 23.8 Å². The summed E-state index contributed by atoms with van der Waals surface area (Å²) in [5.41, 5.74) is 0.912. The maximum Gasteiger partial charge on any atom is 0.416 e.